The molecule has 1 nitrogen and oxygen atoms in total. The van der Waals surface area contributed by atoms with Gasteiger partial charge in [-0.05, 0) is 44.0 Å². The lowest BCUT2D eigenvalue weighted by Crippen LogP contribution is -2.40. The summed E-state index contributed by atoms with van der Waals surface area (Å²) in [4.78, 5) is 2.40. The fraction of sp³-hybridized carbons (Fsp3) is 0.692. The molecule has 0 radical (unpaired) electrons. The molecule has 0 N–H and O–H groups in total. The Morgan fingerprint density at radius 3 is 2.07 bits per heavy atom. The average molecular weight is 193 g/mol. The van der Waals surface area contributed by atoms with Crippen LogP contribution in [-0.4, -0.2) is 17.0 Å². The highest BCUT2D eigenvalue weighted by molar-refractivity contribution is 5.24. The standard InChI is InChI=1S/C13H23N/c1-12(2,3)11-8-7-9-14(10-11)13(4,5)6/h7-9H,10H2,1-6H3. The van der Waals surface area contributed by atoms with Crippen molar-refractivity contribution in [3.05, 3.63) is 23.9 Å². The van der Waals surface area contributed by atoms with Crippen molar-refractivity contribution in [3.8, 4) is 0 Å². The van der Waals surface area contributed by atoms with Gasteiger partial charge in [-0.2, -0.15) is 0 Å². The molecule has 0 fully saturated rings. The first-order chi connectivity index (χ1) is 6.21. The van der Waals surface area contributed by atoms with Gasteiger partial charge in [-0.1, -0.05) is 26.8 Å². The Balaban J connectivity index is 2.80. The molecule has 0 saturated heterocycles. The van der Waals surface area contributed by atoms with Crippen LogP contribution in [0.5, 0.6) is 0 Å². The van der Waals surface area contributed by atoms with Crippen LogP contribution in [0.4, 0.5) is 0 Å². The van der Waals surface area contributed by atoms with Crippen molar-refractivity contribution >= 4 is 0 Å². The Kier molecular flexibility index (Phi) is 2.80. The lowest BCUT2D eigenvalue weighted by atomic mass is 9.84. The highest BCUT2D eigenvalue weighted by Gasteiger charge is 2.25. The van der Waals surface area contributed by atoms with E-state index in [1.807, 2.05) is 0 Å². The summed E-state index contributed by atoms with van der Waals surface area (Å²) in [6.07, 6.45) is 6.60. The minimum atomic E-state index is 0.223. The quantitative estimate of drug-likeness (QED) is 0.568. The van der Waals surface area contributed by atoms with E-state index in [-0.39, 0.29) is 11.0 Å². The molecular weight excluding hydrogens is 170 g/mol. The maximum Gasteiger partial charge on any atom is 0.0397 e. The van der Waals surface area contributed by atoms with Crippen LogP contribution in [0.1, 0.15) is 41.5 Å². The molecule has 0 aromatic carbocycles. The fourth-order valence-electron chi connectivity index (χ4n) is 1.50. The zero-order valence-electron chi connectivity index (χ0n) is 10.4. The van der Waals surface area contributed by atoms with Crippen molar-refractivity contribution in [3.63, 3.8) is 0 Å². The Bertz CT molecular complexity index is 258. The first-order valence-electron chi connectivity index (χ1n) is 5.36. The van der Waals surface area contributed by atoms with Crippen LogP contribution in [0.25, 0.3) is 0 Å². The monoisotopic (exact) mass is 193 g/mol. The van der Waals surface area contributed by atoms with Gasteiger partial charge in [0.05, 0.1) is 0 Å². The highest BCUT2D eigenvalue weighted by Crippen LogP contribution is 2.30. The van der Waals surface area contributed by atoms with Crippen LogP contribution >= 0.6 is 0 Å². The third kappa shape index (κ3) is 2.63. The number of hydrogen-bond donors (Lipinski definition) is 0. The average Bonchev–Trinajstić information content (AvgIpc) is 2.01. The third-order valence-electron chi connectivity index (χ3n) is 2.73. The first kappa shape index (κ1) is 11.4. The summed E-state index contributed by atoms with van der Waals surface area (Å²) < 4.78 is 0. The number of hydrogen-bond acceptors (Lipinski definition) is 1. The lowest BCUT2D eigenvalue weighted by molar-refractivity contribution is 0.208. The number of nitrogens with zero attached hydrogens (tertiary/aromatic N) is 1. The molecule has 0 aromatic rings. The second kappa shape index (κ2) is 3.45. The van der Waals surface area contributed by atoms with Crippen LogP contribution in [0.15, 0.2) is 23.9 Å². The van der Waals surface area contributed by atoms with Gasteiger partial charge in [0, 0.05) is 12.1 Å². The predicted octanol–water partition coefficient (Wildman–Crippen LogP) is 3.59. The van der Waals surface area contributed by atoms with Crippen molar-refractivity contribution in [1.29, 1.82) is 0 Å². The molecule has 80 valence electrons. The summed E-state index contributed by atoms with van der Waals surface area (Å²) in [5.41, 5.74) is 2.02. The van der Waals surface area contributed by atoms with Gasteiger partial charge in [0.2, 0.25) is 0 Å². The van der Waals surface area contributed by atoms with Gasteiger partial charge >= 0.3 is 0 Å². The second-order valence-corrected chi connectivity index (χ2v) is 6.08. The zero-order chi connectivity index (χ0) is 11.0. The zero-order valence-corrected chi connectivity index (χ0v) is 10.4. The number of allylic oxidation sites excluding steroid dienone is 2. The van der Waals surface area contributed by atoms with Crippen molar-refractivity contribution in [1.82, 2.24) is 4.90 Å². The molecule has 0 amide bonds. The van der Waals surface area contributed by atoms with E-state index >= 15 is 0 Å². The number of rotatable bonds is 0. The first-order valence-corrected chi connectivity index (χ1v) is 5.36. The van der Waals surface area contributed by atoms with Gasteiger partial charge in [-0.3, -0.25) is 0 Å². The molecule has 0 unspecified atom stereocenters. The van der Waals surface area contributed by atoms with Crippen LogP contribution in [0, 0.1) is 5.41 Å². The topological polar surface area (TPSA) is 3.24 Å². The van der Waals surface area contributed by atoms with E-state index in [4.69, 9.17) is 0 Å². The van der Waals surface area contributed by atoms with E-state index in [0.717, 1.165) is 6.54 Å². The summed E-state index contributed by atoms with van der Waals surface area (Å²) >= 11 is 0. The lowest BCUT2D eigenvalue weighted by Gasteiger charge is -2.39. The SMILES string of the molecule is CC(C)(C)C1=CC=CN(C(C)(C)C)C1. The fourth-order valence-corrected chi connectivity index (χ4v) is 1.50. The Labute approximate surface area is 88.5 Å². The molecule has 1 rings (SSSR count). The summed E-state index contributed by atoms with van der Waals surface area (Å²) in [7, 11) is 0. The molecular formula is C13H23N. The largest absolute Gasteiger partial charge is 0.369 e. The summed E-state index contributed by atoms with van der Waals surface area (Å²) in [6, 6.07) is 0. The molecule has 0 saturated carbocycles. The van der Waals surface area contributed by atoms with E-state index in [0.29, 0.717) is 0 Å². The van der Waals surface area contributed by atoms with E-state index < -0.39 is 0 Å². The van der Waals surface area contributed by atoms with Gasteiger partial charge in [-0.15, -0.1) is 0 Å². The second-order valence-electron chi connectivity index (χ2n) is 6.08. The normalized spacial score (nSPS) is 18.4. The molecule has 1 heteroatoms. The molecule has 0 aromatic heterocycles. The van der Waals surface area contributed by atoms with Gasteiger partial charge in [0.15, 0.2) is 0 Å². The smallest absolute Gasteiger partial charge is 0.0397 e. The maximum atomic E-state index is 2.40. The summed E-state index contributed by atoms with van der Waals surface area (Å²) in [6.45, 7) is 14.6. The van der Waals surface area contributed by atoms with E-state index in [9.17, 15) is 0 Å². The Hall–Kier alpha value is -0.720. The minimum Gasteiger partial charge on any atom is -0.369 e. The van der Waals surface area contributed by atoms with Crippen LogP contribution in [0.2, 0.25) is 0 Å². The van der Waals surface area contributed by atoms with Crippen molar-refractivity contribution in [2.24, 2.45) is 5.41 Å². The highest BCUT2D eigenvalue weighted by atomic mass is 15.2. The summed E-state index contributed by atoms with van der Waals surface area (Å²) in [5, 5.41) is 0. The predicted molar refractivity (Wildman–Crippen MR) is 63.1 cm³/mol. The van der Waals surface area contributed by atoms with E-state index in [1.54, 1.807) is 0 Å². The van der Waals surface area contributed by atoms with Crippen LogP contribution < -0.4 is 0 Å². The molecule has 0 aliphatic carbocycles. The molecule has 0 bridgehead atoms. The van der Waals surface area contributed by atoms with Gasteiger partial charge in [0.25, 0.3) is 0 Å². The van der Waals surface area contributed by atoms with Crippen LogP contribution in [-0.2, 0) is 0 Å². The maximum absolute atomic E-state index is 2.40. The third-order valence-corrected chi connectivity index (χ3v) is 2.73. The molecule has 1 heterocycles. The molecule has 1 aliphatic rings. The van der Waals surface area contributed by atoms with Gasteiger partial charge in [-0.25, -0.2) is 0 Å². The molecule has 0 atom stereocenters. The van der Waals surface area contributed by atoms with E-state index in [1.165, 1.54) is 5.57 Å². The van der Waals surface area contributed by atoms with Gasteiger partial charge < -0.3 is 4.90 Å². The van der Waals surface area contributed by atoms with Crippen molar-refractivity contribution < 1.29 is 0 Å². The summed E-state index contributed by atoms with van der Waals surface area (Å²) in [5.74, 6) is 0. The van der Waals surface area contributed by atoms with Crippen LogP contribution in [0.3, 0.4) is 0 Å². The van der Waals surface area contributed by atoms with E-state index in [2.05, 4.69) is 64.8 Å². The van der Waals surface area contributed by atoms with Crippen molar-refractivity contribution in [2.75, 3.05) is 6.54 Å². The Morgan fingerprint density at radius 1 is 1.07 bits per heavy atom. The Morgan fingerprint density at radius 2 is 1.64 bits per heavy atom. The molecule has 1 aliphatic heterocycles. The molecule has 14 heavy (non-hydrogen) atoms. The molecule has 0 spiro atoms. The minimum absolute atomic E-state index is 0.223. The van der Waals surface area contributed by atoms with Crippen molar-refractivity contribution in [2.45, 2.75) is 47.1 Å². The van der Waals surface area contributed by atoms with Gasteiger partial charge in [0.1, 0.15) is 0 Å².